The molecular formula is C14H22N2O3. The highest BCUT2D eigenvalue weighted by Crippen LogP contribution is 2.17. The van der Waals surface area contributed by atoms with Crippen molar-refractivity contribution in [1.82, 2.24) is 10.2 Å². The summed E-state index contributed by atoms with van der Waals surface area (Å²) in [4.78, 5) is 13.3. The fraction of sp³-hybridized carbons (Fsp3) is 0.643. The van der Waals surface area contributed by atoms with Gasteiger partial charge in [-0.25, -0.2) is 4.79 Å². The average molecular weight is 266 g/mol. The van der Waals surface area contributed by atoms with E-state index in [1.54, 1.807) is 13.0 Å². The Morgan fingerprint density at radius 3 is 3.05 bits per heavy atom. The van der Waals surface area contributed by atoms with Gasteiger partial charge in [-0.2, -0.15) is 0 Å². The largest absolute Gasteiger partial charge is 0.475 e. The van der Waals surface area contributed by atoms with Crippen molar-refractivity contribution in [2.45, 2.75) is 39.3 Å². The Balaban J connectivity index is 1.84. The number of aromatic carboxylic acids is 1. The van der Waals surface area contributed by atoms with Crippen LogP contribution in [0, 0.1) is 6.92 Å². The van der Waals surface area contributed by atoms with Crippen molar-refractivity contribution >= 4 is 5.97 Å². The number of nitrogens with zero attached hydrogens (tertiary/aromatic N) is 1. The molecule has 0 amide bonds. The van der Waals surface area contributed by atoms with Gasteiger partial charge in [0.05, 0.1) is 0 Å². The van der Waals surface area contributed by atoms with E-state index < -0.39 is 5.97 Å². The van der Waals surface area contributed by atoms with Crippen LogP contribution in [0.15, 0.2) is 10.5 Å². The molecule has 5 nitrogen and oxygen atoms in total. The van der Waals surface area contributed by atoms with Crippen molar-refractivity contribution in [3.8, 4) is 0 Å². The number of likely N-dealkylation sites (tertiary alicyclic amines) is 1. The van der Waals surface area contributed by atoms with E-state index in [0.29, 0.717) is 18.3 Å². The van der Waals surface area contributed by atoms with Crippen molar-refractivity contribution in [3.63, 3.8) is 0 Å². The number of carbonyl (C=O) groups is 1. The van der Waals surface area contributed by atoms with Crippen molar-refractivity contribution in [1.29, 1.82) is 0 Å². The molecule has 1 fully saturated rings. The number of nitrogens with one attached hydrogen (secondary N) is 1. The monoisotopic (exact) mass is 266 g/mol. The van der Waals surface area contributed by atoms with E-state index in [2.05, 4.69) is 17.1 Å². The molecule has 0 spiro atoms. The van der Waals surface area contributed by atoms with E-state index in [0.717, 1.165) is 18.7 Å². The zero-order valence-electron chi connectivity index (χ0n) is 11.6. The second kappa shape index (κ2) is 6.21. The number of hydrogen-bond donors (Lipinski definition) is 2. The van der Waals surface area contributed by atoms with E-state index in [4.69, 9.17) is 9.52 Å². The van der Waals surface area contributed by atoms with Crippen LogP contribution < -0.4 is 5.32 Å². The quantitative estimate of drug-likeness (QED) is 0.822. The zero-order valence-corrected chi connectivity index (χ0v) is 11.6. The van der Waals surface area contributed by atoms with Crippen LogP contribution in [0.4, 0.5) is 0 Å². The predicted molar refractivity (Wildman–Crippen MR) is 72.4 cm³/mol. The molecule has 1 atom stereocenters. The smallest absolute Gasteiger partial charge is 0.371 e. The van der Waals surface area contributed by atoms with Gasteiger partial charge in [-0.05, 0) is 38.9 Å². The molecule has 0 saturated carbocycles. The highest BCUT2D eigenvalue weighted by atomic mass is 16.4. The molecule has 1 aromatic heterocycles. The summed E-state index contributed by atoms with van der Waals surface area (Å²) < 4.78 is 5.19. The molecule has 106 valence electrons. The molecule has 2 rings (SSSR count). The normalized spacial score (nSPS) is 20.0. The number of carboxylic acids is 1. The third-order valence-electron chi connectivity index (χ3n) is 3.83. The van der Waals surface area contributed by atoms with E-state index in [9.17, 15) is 4.79 Å². The summed E-state index contributed by atoms with van der Waals surface area (Å²) in [5.74, 6) is -0.309. The Morgan fingerprint density at radius 2 is 2.42 bits per heavy atom. The summed E-state index contributed by atoms with van der Waals surface area (Å²) >= 11 is 0. The van der Waals surface area contributed by atoms with Crippen molar-refractivity contribution in [2.75, 3.05) is 19.6 Å². The fourth-order valence-electron chi connectivity index (χ4n) is 2.72. The molecule has 1 unspecified atom stereocenters. The zero-order chi connectivity index (χ0) is 13.8. The van der Waals surface area contributed by atoms with E-state index in [1.807, 2.05) is 0 Å². The number of rotatable bonds is 6. The molecule has 0 radical (unpaired) electrons. The van der Waals surface area contributed by atoms with Gasteiger partial charge in [0.15, 0.2) is 0 Å². The molecule has 2 N–H and O–H groups in total. The van der Waals surface area contributed by atoms with Gasteiger partial charge in [0, 0.05) is 24.7 Å². The molecule has 2 heterocycles. The average Bonchev–Trinajstić information content (AvgIpc) is 2.96. The lowest BCUT2D eigenvalue weighted by Crippen LogP contribution is -2.37. The standard InChI is InChI=1S/C14H22N2O3/c1-3-16-6-4-5-12(16)9-15-8-11-7-13(14(17)18)19-10(11)2/h7,12,15H,3-6,8-9H2,1-2H3,(H,17,18). The minimum atomic E-state index is -1.01. The topological polar surface area (TPSA) is 65.7 Å². The molecular weight excluding hydrogens is 244 g/mol. The molecule has 0 aromatic carbocycles. The third-order valence-corrected chi connectivity index (χ3v) is 3.83. The van der Waals surface area contributed by atoms with Crippen LogP contribution in [0.25, 0.3) is 0 Å². The Morgan fingerprint density at radius 1 is 1.63 bits per heavy atom. The van der Waals surface area contributed by atoms with E-state index >= 15 is 0 Å². The van der Waals surface area contributed by atoms with Gasteiger partial charge >= 0.3 is 5.97 Å². The molecule has 19 heavy (non-hydrogen) atoms. The van der Waals surface area contributed by atoms with Gasteiger partial charge < -0.3 is 14.8 Å². The van der Waals surface area contributed by atoms with Gasteiger partial charge in [-0.15, -0.1) is 0 Å². The molecule has 0 bridgehead atoms. The first-order valence-electron chi connectivity index (χ1n) is 6.89. The van der Waals surface area contributed by atoms with Crippen molar-refractivity contribution < 1.29 is 14.3 Å². The minimum Gasteiger partial charge on any atom is -0.475 e. The molecule has 1 aliphatic heterocycles. The third kappa shape index (κ3) is 3.36. The Hall–Kier alpha value is -1.33. The summed E-state index contributed by atoms with van der Waals surface area (Å²) in [5, 5.41) is 12.3. The lowest BCUT2D eigenvalue weighted by atomic mass is 10.2. The second-order valence-electron chi connectivity index (χ2n) is 5.05. The lowest BCUT2D eigenvalue weighted by Gasteiger charge is -2.22. The van der Waals surface area contributed by atoms with Crippen LogP contribution in [0.2, 0.25) is 0 Å². The van der Waals surface area contributed by atoms with Crippen LogP contribution >= 0.6 is 0 Å². The maximum absolute atomic E-state index is 10.8. The summed E-state index contributed by atoms with van der Waals surface area (Å²) in [6.07, 6.45) is 2.51. The predicted octanol–water partition coefficient (Wildman–Crippen LogP) is 1.86. The SMILES string of the molecule is CCN1CCCC1CNCc1cc(C(=O)O)oc1C. The molecule has 1 aromatic rings. The van der Waals surface area contributed by atoms with Gasteiger partial charge in [0.1, 0.15) is 5.76 Å². The van der Waals surface area contributed by atoms with Gasteiger partial charge in [0.25, 0.3) is 0 Å². The number of hydrogen-bond acceptors (Lipinski definition) is 4. The van der Waals surface area contributed by atoms with Crippen molar-refractivity contribution in [2.24, 2.45) is 0 Å². The summed E-state index contributed by atoms with van der Waals surface area (Å²) in [6.45, 7) is 7.89. The summed E-state index contributed by atoms with van der Waals surface area (Å²) in [6, 6.07) is 2.22. The first kappa shape index (κ1) is 14.1. The minimum absolute atomic E-state index is 0.0188. The van der Waals surface area contributed by atoms with Gasteiger partial charge in [-0.1, -0.05) is 6.92 Å². The molecule has 0 aliphatic carbocycles. The maximum Gasteiger partial charge on any atom is 0.371 e. The van der Waals surface area contributed by atoms with Crippen molar-refractivity contribution in [3.05, 3.63) is 23.2 Å². The number of aryl methyl sites for hydroxylation is 1. The fourth-order valence-corrected chi connectivity index (χ4v) is 2.72. The molecule has 1 saturated heterocycles. The number of carboxylic acid groups (broad SMARTS) is 1. The van der Waals surface area contributed by atoms with Crippen LogP contribution in [-0.4, -0.2) is 41.7 Å². The molecule has 5 heteroatoms. The molecule has 1 aliphatic rings. The number of furan rings is 1. The Bertz CT molecular complexity index is 442. The first-order chi connectivity index (χ1) is 9.11. The Labute approximate surface area is 113 Å². The van der Waals surface area contributed by atoms with Crippen LogP contribution in [-0.2, 0) is 6.54 Å². The van der Waals surface area contributed by atoms with Gasteiger partial charge in [0.2, 0.25) is 5.76 Å². The Kier molecular flexibility index (Phi) is 4.61. The van der Waals surface area contributed by atoms with Gasteiger partial charge in [-0.3, -0.25) is 4.90 Å². The second-order valence-corrected chi connectivity index (χ2v) is 5.05. The maximum atomic E-state index is 10.8. The lowest BCUT2D eigenvalue weighted by molar-refractivity contribution is 0.0661. The van der Waals surface area contributed by atoms with Crippen LogP contribution in [0.5, 0.6) is 0 Å². The highest BCUT2D eigenvalue weighted by Gasteiger charge is 2.22. The first-order valence-corrected chi connectivity index (χ1v) is 6.89. The van der Waals surface area contributed by atoms with Crippen LogP contribution in [0.3, 0.4) is 0 Å². The number of likely N-dealkylation sites (N-methyl/N-ethyl adjacent to an activating group) is 1. The van der Waals surface area contributed by atoms with E-state index in [1.165, 1.54) is 19.4 Å². The summed E-state index contributed by atoms with van der Waals surface area (Å²) in [5.41, 5.74) is 0.929. The summed E-state index contributed by atoms with van der Waals surface area (Å²) in [7, 11) is 0. The van der Waals surface area contributed by atoms with Crippen LogP contribution in [0.1, 0.15) is 41.6 Å². The highest BCUT2D eigenvalue weighted by molar-refractivity contribution is 5.84. The van der Waals surface area contributed by atoms with E-state index in [-0.39, 0.29) is 5.76 Å².